The van der Waals surface area contributed by atoms with Crippen molar-refractivity contribution in [1.82, 2.24) is 10.6 Å². The first kappa shape index (κ1) is 17.6. The summed E-state index contributed by atoms with van der Waals surface area (Å²) in [6.07, 6.45) is 0.884. The number of amides is 2. The van der Waals surface area contributed by atoms with Crippen LogP contribution < -0.4 is 10.6 Å². The van der Waals surface area contributed by atoms with Gasteiger partial charge in [-0.3, -0.25) is 9.59 Å². The third kappa shape index (κ3) is 6.21. The van der Waals surface area contributed by atoms with Crippen LogP contribution in [0.4, 0.5) is 0 Å². The Bertz CT molecular complexity index is 503. The van der Waals surface area contributed by atoms with Gasteiger partial charge in [0.05, 0.1) is 5.75 Å². The SMILES string of the molecule is CCCNC(=O)[C@@H](C)NC(=O)CSc1ccc(C)cc1C. The molecule has 0 aliphatic heterocycles. The van der Waals surface area contributed by atoms with Crippen LogP contribution in [0.25, 0.3) is 0 Å². The van der Waals surface area contributed by atoms with Crippen molar-refractivity contribution in [2.24, 2.45) is 0 Å². The molecule has 0 radical (unpaired) electrons. The van der Waals surface area contributed by atoms with Crippen LogP contribution >= 0.6 is 11.8 Å². The van der Waals surface area contributed by atoms with E-state index in [4.69, 9.17) is 0 Å². The molecular formula is C16H24N2O2S. The highest BCUT2D eigenvalue weighted by molar-refractivity contribution is 8.00. The molecule has 0 aromatic heterocycles. The smallest absolute Gasteiger partial charge is 0.242 e. The van der Waals surface area contributed by atoms with E-state index in [1.54, 1.807) is 6.92 Å². The number of hydrogen-bond donors (Lipinski definition) is 2. The summed E-state index contributed by atoms with van der Waals surface area (Å²) in [7, 11) is 0. The summed E-state index contributed by atoms with van der Waals surface area (Å²) in [6, 6.07) is 5.67. The first-order valence-electron chi connectivity index (χ1n) is 7.21. The fraction of sp³-hybridized carbons (Fsp3) is 0.500. The number of carbonyl (C=O) groups excluding carboxylic acids is 2. The molecule has 0 spiro atoms. The first-order valence-corrected chi connectivity index (χ1v) is 8.19. The Balaban J connectivity index is 2.41. The Morgan fingerprint density at radius 2 is 2.00 bits per heavy atom. The highest BCUT2D eigenvalue weighted by Crippen LogP contribution is 2.22. The van der Waals surface area contributed by atoms with Gasteiger partial charge in [0, 0.05) is 11.4 Å². The molecule has 0 heterocycles. The van der Waals surface area contributed by atoms with E-state index in [-0.39, 0.29) is 11.8 Å². The van der Waals surface area contributed by atoms with E-state index in [0.717, 1.165) is 11.3 Å². The number of rotatable bonds is 7. The van der Waals surface area contributed by atoms with E-state index in [2.05, 4.69) is 16.7 Å². The van der Waals surface area contributed by atoms with Crippen molar-refractivity contribution in [2.75, 3.05) is 12.3 Å². The quantitative estimate of drug-likeness (QED) is 0.761. The zero-order valence-electron chi connectivity index (χ0n) is 13.2. The number of thioether (sulfide) groups is 1. The number of benzene rings is 1. The Morgan fingerprint density at radius 1 is 1.29 bits per heavy atom. The third-order valence-electron chi connectivity index (χ3n) is 3.01. The lowest BCUT2D eigenvalue weighted by atomic mass is 10.2. The molecule has 0 aliphatic rings. The minimum Gasteiger partial charge on any atom is -0.354 e. The average Bonchev–Trinajstić information content (AvgIpc) is 2.43. The summed E-state index contributed by atoms with van der Waals surface area (Å²) < 4.78 is 0. The molecule has 2 N–H and O–H groups in total. The number of carbonyl (C=O) groups is 2. The second-order valence-corrected chi connectivity index (χ2v) is 6.16. The summed E-state index contributed by atoms with van der Waals surface area (Å²) in [5.41, 5.74) is 2.38. The maximum absolute atomic E-state index is 11.9. The van der Waals surface area contributed by atoms with E-state index in [1.807, 2.05) is 32.9 Å². The predicted octanol–water partition coefficient (Wildman–Crippen LogP) is 2.43. The van der Waals surface area contributed by atoms with Crippen molar-refractivity contribution >= 4 is 23.6 Å². The van der Waals surface area contributed by atoms with Crippen molar-refractivity contribution < 1.29 is 9.59 Å². The van der Waals surface area contributed by atoms with Gasteiger partial charge in [-0.1, -0.05) is 24.6 Å². The molecule has 0 unspecified atom stereocenters. The monoisotopic (exact) mass is 308 g/mol. The van der Waals surface area contributed by atoms with Crippen molar-refractivity contribution in [3.63, 3.8) is 0 Å². The number of aryl methyl sites for hydroxylation is 2. The van der Waals surface area contributed by atoms with Crippen LogP contribution in [0.5, 0.6) is 0 Å². The van der Waals surface area contributed by atoms with Gasteiger partial charge in [-0.25, -0.2) is 0 Å². The lowest BCUT2D eigenvalue weighted by molar-refractivity contribution is -0.127. The van der Waals surface area contributed by atoms with E-state index >= 15 is 0 Å². The van der Waals surface area contributed by atoms with Crippen molar-refractivity contribution in [3.05, 3.63) is 29.3 Å². The van der Waals surface area contributed by atoms with E-state index in [0.29, 0.717) is 12.3 Å². The minimum absolute atomic E-state index is 0.126. The van der Waals surface area contributed by atoms with Crippen molar-refractivity contribution in [1.29, 1.82) is 0 Å². The molecule has 1 atom stereocenters. The standard InChI is InChI=1S/C16H24N2O2S/c1-5-8-17-16(20)13(4)18-15(19)10-21-14-7-6-11(2)9-12(14)3/h6-7,9,13H,5,8,10H2,1-4H3,(H,17,20)(H,18,19)/t13-/m1/s1. The van der Waals surface area contributed by atoms with E-state index in [1.165, 1.54) is 22.9 Å². The zero-order valence-corrected chi connectivity index (χ0v) is 14.0. The zero-order chi connectivity index (χ0) is 15.8. The molecule has 0 aliphatic carbocycles. The van der Waals surface area contributed by atoms with Crippen LogP contribution in [-0.2, 0) is 9.59 Å². The summed E-state index contributed by atoms with van der Waals surface area (Å²) in [5.74, 6) is 0.0517. The van der Waals surface area contributed by atoms with Gasteiger partial charge in [-0.2, -0.15) is 0 Å². The molecule has 21 heavy (non-hydrogen) atoms. The van der Waals surface area contributed by atoms with Crippen LogP contribution in [-0.4, -0.2) is 30.2 Å². The van der Waals surface area contributed by atoms with Gasteiger partial charge in [0.25, 0.3) is 0 Å². The normalized spacial score (nSPS) is 11.8. The Hall–Kier alpha value is -1.49. The van der Waals surface area contributed by atoms with Crippen LogP contribution in [0.15, 0.2) is 23.1 Å². The largest absolute Gasteiger partial charge is 0.354 e. The maximum Gasteiger partial charge on any atom is 0.242 e. The van der Waals surface area contributed by atoms with E-state index < -0.39 is 6.04 Å². The highest BCUT2D eigenvalue weighted by atomic mass is 32.2. The van der Waals surface area contributed by atoms with Crippen LogP contribution in [0, 0.1) is 13.8 Å². The van der Waals surface area contributed by atoms with Gasteiger partial charge in [0.2, 0.25) is 11.8 Å². The number of nitrogens with one attached hydrogen (secondary N) is 2. The molecule has 1 rings (SSSR count). The van der Waals surface area contributed by atoms with Crippen LogP contribution in [0.1, 0.15) is 31.4 Å². The predicted molar refractivity (Wildman–Crippen MR) is 87.5 cm³/mol. The molecule has 0 bridgehead atoms. The Morgan fingerprint density at radius 3 is 2.62 bits per heavy atom. The summed E-state index contributed by atoms with van der Waals surface area (Å²) in [6.45, 7) is 8.41. The first-order chi connectivity index (χ1) is 9.93. The van der Waals surface area contributed by atoms with Gasteiger partial charge >= 0.3 is 0 Å². The molecule has 1 aromatic carbocycles. The third-order valence-corrected chi connectivity index (χ3v) is 4.18. The van der Waals surface area contributed by atoms with Crippen LogP contribution in [0.2, 0.25) is 0 Å². The topological polar surface area (TPSA) is 58.2 Å². The molecule has 4 nitrogen and oxygen atoms in total. The van der Waals surface area contributed by atoms with Crippen molar-refractivity contribution in [2.45, 2.75) is 45.1 Å². The lowest BCUT2D eigenvalue weighted by Crippen LogP contribution is -2.45. The molecule has 0 saturated carbocycles. The minimum atomic E-state index is -0.497. The number of hydrogen-bond acceptors (Lipinski definition) is 3. The van der Waals surface area contributed by atoms with Gasteiger partial charge in [0.1, 0.15) is 6.04 Å². The van der Waals surface area contributed by atoms with Gasteiger partial charge in [0.15, 0.2) is 0 Å². The molecule has 116 valence electrons. The van der Waals surface area contributed by atoms with Gasteiger partial charge < -0.3 is 10.6 Å². The van der Waals surface area contributed by atoms with Crippen molar-refractivity contribution in [3.8, 4) is 0 Å². The lowest BCUT2D eigenvalue weighted by Gasteiger charge is -2.14. The van der Waals surface area contributed by atoms with Gasteiger partial charge in [-0.05, 0) is 38.8 Å². The molecule has 1 aromatic rings. The molecule has 5 heteroatoms. The second kappa shape index (κ2) is 8.72. The summed E-state index contributed by atoms with van der Waals surface area (Å²) in [4.78, 5) is 24.6. The van der Waals surface area contributed by atoms with Crippen LogP contribution in [0.3, 0.4) is 0 Å². The maximum atomic E-state index is 11.9. The highest BCUT2D eigenvalue weighted by Gasteiger charge is 2.15. The van der Waals surface area contributed by atoms with Gasteiger partial charge in [-0.15, -0.1) is 11.8 Å². The fourth-order valence-corrected chi connectivity index (χ4v) is 2.68. The second-order valence-electron chi connectivity index (χ2n) is 5.14. The van der Waals surface area contributed by atoms with E-state index in [9.17, 15) is 9.59 Å². The Kier molecular flexibility index (Phi) is 7.29. The molecule has 0 saturated heterocycles. The molecule has 2 amide bonds. The summed E-state index contributed by atoms with van der Waals surface area (Å²) in [5, 5.41) is 5.48. The molecular weight excluding hydrogens is 284 g/mol. The summed E-state index contributed by atoms with van der Waals surface area (Å²) >= 11 is 1.49. The Labute approximate surface area is 131 Å². The average molecular weight is 308 g/mol. The molecule has 0 fully saturated rings. The fourth-order valence-electron chi connectivity index (χ4n) is 1.85.